The van der Waals surface area contributed by atoms with Crippen molar-refractivity contribution in [1.82, 2.24) is 24.8 Å². The molecule has 4 aromatic rings. The van der Waals surface area contributed by atoms with E-state index in [4.69, 9.17) is 15.0 Å². The first-order valence-electron chi connectivity index (χ1n) is 14.5. The summed E-state index contributed by atoms with van der Waals surface area (Å²) >= 11 is 1.31. The molecule has 7 rings (SSSR count). The van der Waals surface area contributed by atoms with Crippen molar-refractivity contribution in [2.45, 2.75) is 25.4 Å². The Morgan fingerprint density at radius 2 is 1.86 bits per heavy atom. The number of anilines is 3. The van der Waals surface area contributed by atoms with Gasteiger partial charge in [-0.2, -0.15) is 5.26 Å². The van der Waals surface area contributed by atoms with Gasteiger partial charge in [-0.1, -0.05) is 11.3 Å². The third-order valence-corrected chi connectivity index (χ3v) is 9.58. The molecule has 5 heterocycles. The number of nitriles is 1. The first-order valence-corrected chi connectivity index (χ1v) is 15.4. The lowest BCUT2D eigenvalue weighted by atomic mass is 10.1. The molecule has 10 nitrogen and oxygen atoms in total. The summed E-state index contributed by atoms with van der Waals surface area (Å²) in [6.07, 6.45) is 2.44. The Morgan fingerprint density at radius 3 is 2.58 bits per heavy atom. The number of hydrogen-bond acceptors (Lipinski definition) is 10. The number of carbonyl (C=O) groups excluding carboxylic acids is 1. The van der Waals surface area contributed by atoms with E-state index in [-0.39, 0.29) is 17.8 Å². The van der Waals surface area contributed by atoms with Crippen molar-refractivity contribution in [2.24, 2.45) is 0 Å². The van der Waals surface area contributed by atoms with E-state index in [1.54, 1.807) is 17.0 Å². The molecule has 3 aliphatic rings. The number of aliphatic hydroxyl groups excluding tert-OH is 1. The molecular formula is C31H31FN8O2S. The van der Waals surface area contributed by atoms with Crippen molar-refractivity contribution in [3.63, 3.8) is 0 Å². The van der Waals surface area contributed by atoms with Crippen LogP contribution in [0, 0.1) is 17.1 Å². The van der Waals surface area contributed by atoms with Gasteiger partial charge in [-0.05, 0) is 61.2 Å². The van der Waals surface area contributed by atoms with Crippen molar-refractivity contribution < 1.29 is 14.3 Å². The molecule has 220 valence electrons. The topological polar surface area (TPSA) is 113 Å². The summed E-state index contributed by atoms with van der Waals surface area (Å²) in [6, 6.07) is 12.4. The average Bonchev–Trinajstić information content (AvgIpc) is 3.66. The summed E-state index contributed by atoms with van der Waals surface area (Å²) in [4.78, 5) is 36.1. The second kappa shape index (κ2) is 11.1. The van der Waals surface area contributed by atoms with E-state index in [0.29, 0.717) is 40.9 Å². The molecule has 1 amide bonds. The average molecular weight is 599 g/mol. The highest BCUT2D eigenvalue weighted by Gasteiger charge is 2.31. The van der Waals surface area contributed by atoms with Gasteiger partial charge in [0.15, 0.2) is 5.13 Å². The van der Waals surface area contributed by atoms with Gasteiger partial charge in [-0.3, -0.25) is 14.7 Å². The van der Waals surface area contributed by atoms with E-state index >= 15 is 0 Å². The van der Waals surface area contributed by atoms with E-state index in [1.807, 2.05) is 24.1 Å². The molecule has 3 aromatic heterocycles. The fraction of sp³-hybridized carbons (Fsp3) is 0.387. The summed E-state index contributed by atoms with van der Waals surface area (Å²) in [6.45, 7) is 4.23. The molecule has 1 N–H and O–H groups in total. The van der Waals surface area contributed by atoms with Crippen LogP contribution in [0.4, 0.5) is 21.0 Å². The second-order valence-electron chi connectivity index (χ2n) is 11.3. The minimum absolute atomic E-state index is 0.0690. The van der Waals surface area contributed by atoms with E-state index in [0.717, 1.165) is 79.2 Å². The van der Waals surface area contributed by atoms with Crippen LogP contribution in [0.2, 0.25) is 0 Å². The lowest BCUT2D eigenvalue weighted by Gasteiger charge is -2.39. The Bertz CT molecular complexity index is 1740. The number of likely N-dealkylation sites (tertiary alicyclic amines) is 1. The normalized spacial score (nSPS) is 17.2. The van der Waals surface area contributed by atoms with Crippen LogP contribution in [0.1, 0.15) is 22.6 Å². The number of aryl methyl sites for hydroxylation is 1. The first kappa shape index (κ1) is 27.6. The molecule has 0 saturated carbocycles. The molecule has 1 aromatic carbocycles. The molecule has 43 heavy (non-hydrogen) atoms. The van der Waals surface area contributed by atoms with Gasteiger partial charge in [0.2, 0.25) is 5.91 Å². The molecule has 0 bridgehead atoms. The van der Waals surface area contributed by atoms with Gasteiger partial charge in [0, 0.05) is 57.6 Å². The number of benzene rings is 1. The predicted molar refractivity (Wildman–Crippen MR) is 163 cm³/mol. The van der Waals surface area contributed by atoms with Crippen LogP contribution in [0.25, 0.3) is 22.3 Å². The SMILES string of the molecule is CN(c1nc(-c2ccc(F)cc2)c(C#N)s1)c1c2c(nc3ccc(N4CCN(CC(=O)N5CC(O)C5)CC4)nc13)CCC2. The Balaban J connectivity index is 1.18. The highest BCUT2D eigenvalue weighted by atomic mass is 32.1. The molecular weight excluding hydrogens is 567 g/mol. The van der Waals surface area contributed by atoms with Crippen LogP contribution in [0.3, 0.4) is 0 Å². The molecule has 1 aliphatic carbocycles. The summed E-state index contributed by atoms with van der Waals surface area (Å²) in [5.74, 6) is 0.597. The van der Waals surface area contributed by atoms with E-state index < -0.39 is 0 Å². The molecule has 12 heteroatoms. The standard InChI is InChI=1S/C31H31FN8O2S/c1-37(31-36-28(25(15-33)43-31)19-5-7-20(32)8-6-19)30-22-3-2-4-23(22)34-24-9-10-26(35-29(24)30)39-13-11-38(12-14-39)18-27(42)40-16-21(41)17-40/h5-10,21,41H,2-4,11-14,16-18H2,1H3. The van der Waals surface area contributed by atoms with Crippen LogP contribution >= 0.6 is 11.3 Å². The number of thiazole rings is 1. The van der Waals surface area contributed by atoms with Crippen molar-refractivity contribution in [3.05, 3.63) is 58.3 Å². The van der Waals surface area contributed by atoms with Gasteiger partial charge in [0.25, 0.3) is 0 Å². The van der Waals surface area contributed by atoms with Gasteiger partial charge in [0.05, 0.1) is 23.9 Å². The number of carbonyl (C=O) groups is 1. The number of aliphatic hydroxyl groups is 1. The number of hydrogen-bond donors (Lipinski definition) is 1. The monoisotopic (exact) mass is 598 g/mol. The second-order valence-corrected chi connectivity index (χ2v) is 12.3. The Hall–Kier alpha value is -4.18. The highest BCUT2D eigenvalue weighted by Crippen LogP contribution is 2.42. The predicted octanol–water partition coefficient (Wildman–Crippen LogP) is 3.35. The number of nitrogens with zero attached hydrogens (tertiary/aromatic N) is 8. The van der Waals surface area contributed by atoms with E-state index in [1.165, 1.54) is 23.5 Å². The number of piperazine rings is 1. The van der Waals surface area contributed by atoms with Gasteiger partial charge in [-0.15, -0.1) is 0 Å². The van der Waals surface area contributed by atoms with Gasteiger partial charge in [0.1, 0.15) is 33.8 Å². The molecule has 0 unspecified atom stereocenters. The summed E-state index contributed by atoms with van der Waals surface area (Å²) in [5, 5.41) is 20.1. The van der Waals surface area contributed by atoms with Crippen LogP contribution in [-0.2, 0) is 17.6 Å². The zero-order chi connectivity index (χ0) is 29.7. The van der Waals surface area contributed by atoms with E-state index in [2.05, 4.69) is 15.9 Å². The zero-order valence-corrected chi connectivity index (χ0v) is 24.6. The summed E-state index contributed by atoms with van der Waals surface area (Å²) in [7, 11) is 1.96. The van der Waals surface area contributed by atoms with Gasteiger partial charge >= 0.3 is 0 Å². The maximum Gasteiger partial charge on any atom is 0.236 e. The quantitative estimate of drug-likeness (QED) is 0.357. The minimum atomic E-state index is -0.389. The number of halogens is 1. The lowest BCUT2D eigenvalue weighted by molar-refractivity contribution is -0.142. The minimum Gasteiger partial charge on any atom is -0.389 e. The fourth-order valence-corrected chi connectivity index (χ4v) is 7.00. The number of aromatic nitrogens is 3. The Kier molecular flexibility index (Phi) is 7.17. The maximum absolute atomic E-state index is 13.6. The van der Waals surface area contributed by atoms with Gasteiger partial charge < -0.3 is 19.8 Å². The zero-order valence-electron chi connectivity index (χ0n) is 23.8. The molecule has 0 atom stereocenters. The number of rotatable bonds is 6. The molecule has 0 spiro atoms. The summed E-state index contributed by atoms with van der Waals surface area (Å²) in [5.41, 5.74) is 6.06. The van der Waals surface area contributed by atoms with E-state index in [9.17, 15) is 19.6 Å². The van der Waals surface area contributed by atoms with Crippen LogP contribution in [0.5, 0.6) is 0 Å². The number of β-amino-alcohol motifs (C(OH)–C–C–N with tert-alkyl or cyclic N) is 1. The molecule has 0 radical (unpaired) electrons. The van der Waals surface area contributed by atoms with Crippen molar-refractivity contribution in [2.75, 3.05) is 62.7 Å². The Morgan fingerprint density at radius 1 is 1.09 bits per heavy atom. The maximum atomic E-state index is 13.6. The van der Waals surface area contributed by atoms with Crippen LogP contribution in [0.15, 0.2) is 36.4 Å². The van der Waals surface area contributed by atoms with Crippen LogP contribution in [-0.4, -0.2) is 94.7 Å². The number of fused-ring (bicyclic) bond motifs is 2. The largest absolute Gasteiger partial charge is 0.389 e. The third-order valence-electron chi connectivity index (χ3n) is 8.54. The van der Waals surface area contributed by atoms with Crippen molar-refractivity contribution in [1.29, 1.82) is 5.26 Å². The van der Waals surface area contributed by atoms with Crippen LogP contribution < -0.4 is 9.80 Å². The molecule has 2 fully saturated rings. The van der Waals surface area contributed by atoms with Crippen molar-refractivity contribution >= 4 is 44.9 Å². The number of amides is 1. The first-order chi connectivity index (χ1) is 20.9. The fourth-order valence-electron chi connectivity index (χ4n) is 6.15. The molecule has 2 aliphatic heterocycles. The summed E-state index contributed by atoms with van der Waals surface area (Å²) < 4.78 is 13.6. The van der Waals surface area contributed by atoms with Gasteiger partial charge in [-0.25, -0.2) is 14.4 Å². The molecule has 2 saturated heterocycles. The third kappa shape index (κ3) is 5.18. The smallest absolute Gasteiger partial charge is 0.236 e. The highest BCUT2D eigenvalue weighted by molar-refractivity contribution is 7.16. The lowest BCUT2D eigenvalue weighted by Crippen LogP contribution is -2.57. The van der Waals surface area contributed by atoms with Crippen molar-refractivity contribution in [3.8, 4) is 17.3 Å². The number of pyridine rings is 2. The Labute approximate surface area is 252 Å².